The van der Waals surface area contributed by atoms with Crippen LogP contribution in [0.5, 0.6) is 5.75 Å². The predicted octanol–water partition coefficient (Wildman–Crippen LogP) is 2.75. The lowest BCUT2D eigenvalue weighted by Gasteiger charge is -2.35. The maximum atomic E-state index is 13.8. The molecule has 0 aromatic heterocycles. The monoisotopic (exact) mass is 432 g/mol. The average Bonchev–Trinajstić information content (AvgIpc) is 2.81. The molecule has 0 saturated carbocycles. The van der Waals surface area contributed by atoms with Gasteiger partial charge in [0.2, 0.25) is 0 Å². The van der Waals surface area contributed by atoms with Crippen LogP contribution in [0.25, 0.3) is 0 Å². The normalized spacial score (nSPS) is 16.1. The van der Waals surface area contributed by atoms with Crippen molar-refractivity contribution < 1.29 is 18.3 Å². The zero-order chi connectivity index (χ0) is 22.1. The molecule has 0 aliphatic carbocycles. The molecule has 1 heterocycles. The number of rotatable bonds is 8. The van der Waals surface area contributed by atoms with Gasteiger partial charge in [0.25, 0.3) is 0 Å². The Labute approximate surface area is 182 Å². The molecule has 2 N–H and O–H groups in total. The molecular formula is C23H30F2N4O2. The van der Waals surface area contributed by atoms with E-state index in [-0.39, 0.29) is 6.04 Å². The highest BCUT2D eigenvalue weighted by Gasteiger charge is 2.23. The van der Waals surface area contributed by atoms with Crippen molar-refractivity contribution in [3.05, 3.63) is 65.2 Å². The number of nitrogens with one attached hydrogen (secondary N) is 2. The topological polar surface area (TPSA) is 58.1 Å². The molecule has 1 unspecified atom stereocenters. The lowest BCUT2D eigenvalue weighted by Crippen LogP contribution is -2.46. The number of ether oxygens (including phenoxy) is 2. The van der Waals surface area contributed by atoms with E-state index in [0.717, 1.165) is 24.9 Å². The maximum absolute atomic E-state index is 13.8. The van der Waals surface area contributed by atoms with E-state index in [1.807, 2.05) is 12.1 Å². The first-order chi connectivity index (χ1) is 15.1. The fraction of sp³-hybridized carbons (Fsp3) is 0.435. The summed E-state index contributed by atoms with van der Waals surface area (Å²) in [6.07, 6.45) is 0.357. The van der Waals surface area contributed by atoms with Crippen LogP contribution in [0.2, 0.25) is 0 Å². The van der Waals surface area contributed by atoms with Gasteiger partial charge < -0.3 is 20.1 Å². The number of halogens is 2. The molecule has 0 bridgehead atoms. The van der Waals surface area contributed by atoms with Gasteiger partial charge in [-0.15, -0.1) is 0 Å². The summed E-state index contributed by atoms with van der Waals surface area (Å²) in [5, 5.41) is 6.54. The smallest absolute Gasteiger partial charge is 0.191 e. The number of hydrogen-bond donors (Lipinski definition) is 2. The largest absolute Gasteiger partial charge is 0.497 e. The fourth-order valence-corrected chi connectivity index (χ4v) is 3.64. The van der Waals surface area contributed by atoms with Crippen molar-refractivity contribution in [3.8, 4) is 5.75 Å². The third kappa shape index (κ3) is 6.38. The Hall–Kier alpha value is -2.71. The second kappa shape index (κ2) is 11.6. The van der Waals surface area contributed by atoms with Crippen molar-refractivity contribution in [3.63, 3.8) is 0 Å². The number of methoxy groups -OCH3 is 1. The van der Waals surface area contributed by atoms with E-state index in [9.17, 15) is 8.78 Å². The van der Waals surface area contributed by atoms with Crippen LogP contribution in [0.15, 0.2) is 47.5 Å². The van der Waals surface area contributed by atoms with E-state index in [2.05, 4.69) is 32.7 Å². The zero-order valence-electron chi connectivity index (χ0n) is 18.0. The minimum Gasteiger partial charge on any atom is -0.497 e. The van der Waals surface area contributed by atoms with Gasteiger partial charge in [-0.3, -0.25) is 9.89 Å². The molecular weight excluding hydrogens is 402 g/mol. The number of morpholine rings is 1. The number of nitrogens with zero attached hydrogens (tertiary/aromatic N) is 2. The Morgan fingerprint density at radius 3 is 2.55 bits per heavy atom. The van der Waals surface area contributed by atoms with Crippen LogP contribution in [0.3, 0.4) is 0 Å². The van der Waals surface area contributed by atoms with E-state index >= 15 is 0 Å². The zero-order valence-corrected chi connectivity index (χ0v) is 18.0. The fourth-order valence-electron chi connectivity index (χ4n) is 3.64. The molecule has 2 aromatic carbocycles. The highest BCUT2D eigenvalue weighted by Crippen LogP contribution is 2.23. The minimum absolute atomic E-state index is 0.133. The van der Waals surface area contributed by atoms with Gasteiger partial charge in [-0.25, -0.2) is 8.78 Å². The summed E-state index contributed by atoms with van der Waals surface area (Å²) in [6.45, 7) is 4.19. The summed E-state index contributed by atoms with van der Waals surface area (Å²) in [4.78, 5) is 6.64. The van der Waals surface area contributed by atoms with Gasteiger partial charge >= 0.3 is 0 Å². The lowest BCUT2D eigenvalue weighted by atomic mass is 10.0. The first-order valence-electron chi connectivity index (χ1n) is 10.5. The molecule has 168 valence electrons. The number of hydrogen-bond acceptors (Lipinski definition) is 4. The van der Waals surface area contributed by atoms with Gasteiger partial charge in [0, 0.05) is 33.2 Å². The molecule has 3 rings (SSSR count). The molecule has 0 radical (unpaired) electrons. The van der Waals surface area contributed by atoms with Gasteiger partial charge in [0.1, 0.15) is 5.75 Å². The molecule has 1 saturated heterocycles. The molecule has 6 nitrogen and oxygen atoms in total. The van der Waals surface area contributed by atoms with Crippen molar-refractivity contribution in [1.82, 2.24) is 15.5 Å². The second-order valence-corrected chi connectivity index (χ2v) is 7.28. The molecule has 0 amide bonds. The number of benzene rings is 2. The van der Waals surface area contributed by atoms with Crippen molar-refractivity contribution >= 4 is 5.96 Å². The first-order valence-corrected chi connectivity index (χ1v) is 10.5. The predicted molar refractivity (Wildman–Crippen MR) is 118 cm³/mol. The minimum atomic E-state index is -0.826. The van der Waals surface area contributed by atoms with Crippen LogP contribution >= 0.6 is 0 Å². The van der Waals surface area contributed by atoms with Gasteiger partial charge in [-0.1, -0.05) is 24.3 Å². The van der Waals surface area contributed by atoms with Gasteiger partial charge in [-0.2, -0.15) is 0 Å². The van der Waals surface area contributed by atoms with E-state index < -0.39 is 11.6 Å². The molecule has 2 aromatic rings. The van der Waals surface area contributed by atoms with E-state index in [1.165, 1.54) is 11.6 Å². The van der Waals surface area contributed by atoms with Crippen molar-refractivity contribution in [1.29, 1.82) is 0 Å². The first kappa shape index (κ1) is 23.0. The maximum Gasteiger partial charge on any atom is 0.191 e. The summed E-state index contributed by atoms with van der Waals surface area (Å²) in [6, 6.07) is 12.4. The Morgan fingerprint density at radius 2 is 1.87 bits per heavy atom. The molecule has 31 heavy (non-hydrogen) atoms. The molecule has 1 aliphatic rings. The number of aliphatic imine (C=N–C) groups is 1. The Balaban J connectivity index is 1.59. The van der Waals surface area contributed by atoms with Crippen molar-refractivity contribution in [2.45, 2.75) is 12.5 Å². The highest BCUT2D eigenvalue weighted by atomic mass is 19.2. The second-order valence-electron chi connectivity index (χ2n) is 7.28. The van der Waals surface area contributed by atoms with Crippen LogP contribution in [-0.4, -0.2) is 64.4 Å². The summed E-state index contributed by atoms with van der Waals surface area (Å²) in [5.41, 5.74) is 1.51. The molecule has 1 aliphatic heterocycles. The molecule has 1 atom stereocenters. The van der Waals surface area contributed by atoms with Gasteiger partial charge in [-0.05, 0) is 35.7 Å². The molecule has 0 spiro atoms. The van der Waals surface area contributed by atoms with Crippen LogP contribution in [0.1, 0.15) is 17.2 Å². The van der Waals surface area contributed by atoms with E-state index in [1.54, 1.807) is 20.2 Å². The molecule has 8 heteroatoms. The van der Waals surface area contributed by atoms with Crippen LogP contribution in [0, 0.1) is 11.6 Å². The van der Waals surface area contributed by atoms with Gasteiger partial charge in [0.05, 0.1) is 26.4 Å². The highest BCUT2D eigenvalue weighted by molar-refractivity contribution is 5.79. The molecule has 1 fully saturated rings. The SMILES string of the molecule is CN=C(NCCc1cccc(F)c1F)NCC(c1ccc(OC)cc1)N1CCOCC1. The summed E-state index contributed by atoms with van der Waals surface area (Å²) < 4.78 is 38.0. The summed E-state index contributed by atoms with van der Waals surface area (Å²) >= 11 is 0. The quantitative estimate of drug-likeness (QED) is 0.496. The Morgan fingerprint density at radius 1 is 1.13 bits per heavy atom. The van der Waals surface area contributed by atoms with E-state index in [0.29, 0.717) is 44.2 Å². The number of guanidine groups is 1. The van der Waals surface area contributed by atoms with Crippen LogP contribution in [-0.2, 0) is 11.2 Å². The summed E-state index contributed by atoms with van der Waals surface area (Å²) in [5.74, 6) is -0.185. The van der Waals surface area contributed by atoms with Crippen LogP contribution in [0.4, 0.5) is 8.78 Å². The Kier molecular flexibility index (Phi) is 8.61. The van der Waals surface area contributed by atoms with Crippen LogP contribution < -0.4 is 15.4 Å². The third-order valence-corrected chi connectivity index (χ3v) is 5.39. The summed E-state index contributed by atoms with van der Waals surface area (Å²) in [7, 11) is 3.34. The Bertz CT molecular complexity index is 855. The third-order valence-electron chi connectivity index (χ3n) is 5.39. The van der Waals surface area contributed by atoms with Crippen molar-refractivity contribution in [2.75, 3.05) is 53.6 Å². The average molecular weight is 433 g/mol. The lowest BCUT2D eigenvalue weighted by molar-refractivity contribution is 0.0170. The van der Waals surface area contributed by atoms with Gasteiger partial charge in [0.15, 0.2) is 17.6 Å². The van der Waals surface area contributed by atoms with Crippen molar-refractivity contribution in [2.24, 2.45) is 4.99 Å². The van der Waals surface area contributed by atoms with E-state index in [4.69, 9.17) is 9.47 Å². The standard InChI is InChI=1S/C23H30F2N4O2/c1-26-23(27-11-10-18-4-3-5-20(24)22(18)25)28-16-21(29-12-14-31-15-13-29)17-6-8-19(30-2)9-7-17/h3-9,21H,10-16H2,1-2H3,(H2,26,27,28).